The average Bonchev–Trinajstić information content (AvgIpc) is 2.65. The third kappa shape index (κ3) is 5.34. The fourth-order valence-corrected chi connectivity index (χ4v) is 2.85. The van der Waals surface area contributed by atoms with Crippen molar-refractivity contribution >= 4 is 17.7 Å². The number of hydrogen-bond acceptors (Lipinski definition) is 6. The Bertz CT molecular complexity index is 901. The molecule has 1 aromatic carbocycles. The standard InChI is InChI=1S/C19H22N4O3S/c1-11(2)12(3)21-16(24)10-27-19-22-17(15(9-20)18(25)23-19)13-5-7-14(26-4)8-6-13/h5-8,11-12H,10H2,1-4H3,(H,21,24)(H,22,23,25). The molecular formula is C19H22N4O3S. The van der Waals surface area contributed by atoms with E-state index in [4.69, 9.17) is 4.74 Å². The second kappa shape index (κ2) is 9.24. The number of benzene rings is 1. The maximum atomic E-state index is 12.2. The molecule has 1 atom stereocenters. The molecule has 2 aromatic rings. The van der Waals surface area contributed by atoms with Crippen LogP contribution >= 0.6 is 11.8 Å². The molecule has 1 amide bonds. The van der Waals surface area contributed by atoms with Crippen molar-refractivity contribution in [2.75, 3.05) is 12.9 Å². The number of aromatic amines is 1. The number of hydrogen-bond donors (Lipinski definition) is 2. The lowest BCUT2D eigenvalue weighted by atomic mass is 10.1. The number of carbonyl (C=O) groups excluding carboxylic acids is 1. The summed E-state index contributed by atoms with van der Waals surface area (Å²) in [4.78, 5) is 31.2. The fraction of sp³-hybridized carbons (Fsp3) is 0.368. The SMILES string of the molecule is COc1ccc(-c2nc(SCC(=O)NC(C)C(C)C)[nH]c(=O)c2C#N)cc1. The minimum absolute atomic E-state index is 0.0564. The highest BCUT2D eigenvalue weighted by Crippen LogP contribution is 2.24. The number of H-pyrrole nitrogens is 1. The summed E-state index contributed by atoms with van der Waals surface area (Å²) in [6, 6.07) is 8.87. The quantitative estimate of drug-likeness (QED) is 0.559. The molecule has 1 aromatic heterocycles. The molecule has 142 valence electrons. The molecule has 0 radical (unpaired) electrons. The van der Waals surface area contributed by atoms with Crippen LogP contribution in [0.15, 0.2) is 34.2 Å². The molecule has 0 aliphatic heterocycles. The van der Waals surface area contributed by atoms with Crippen LogP contribution in [0.4, 0.5) is 0 Å². The second-order valence-electron chi connectivity index (χ2n) is 6.32. The number of thioether (sulfide) groups is 1. The van der Waals surface area contributed by atoms with Gasteiger partial charge in [0.25, 0.3) is 5.56 Å². The van der Waals surface area contributed by atoms with Crippen molar-refractivity contribution in [1.29, 1.82) is 5.26 Å². The maximum absolute atomic E-state index is 12.2. The number of carbonyl (C=O) groups is 1. The largest absolute Gasteiger partial charge is 0.497 e. The zero-order chi connectivity index (χ0) is 20.0. The van der Waals surface area contributed by atoms with Gasteiger partial charge in [0.15, 0.2) is 5.16 Å². The van der Waals surface area contributed by atoms with Crippen molar-refractivity contribution in [2.24, 2.45) is 5.92 Å². The molecule has 1 heterocycles. The molecule has 0 aliphatic rings. The second-order valence-corrected chi connectivity index (χ2v) is 7.29. The summed E-state index contributed by atoms with van der Waals surface area (Å²) < 4.78 is 5.12. The summed E-state index contributed by atoms with van der Waals surface area (Å²) in [5.74, 6) is 0.967. The highest BCUT2D eigenvalue weighted by Gasteiger charge is 2.16. The van der Waals surface area contributed by atoms with Gasteiger partial charge in [-0.3, -0.25) is 9.59 Å². The van der Waals surface area contributed by atoms with Crippen LogP contribution in [0.25, 0.3) is 11.3 Å². The Morgan fingerprint density at radius 1 is 1.33 bits per heavy atom. The molecule has 0 fully saturated rings. The van der Waals surface area contributed by atoms with Crippen molar-refractivity contribution < 1.29 is 9.53 Å². The van der Waals surface area contributed by atoms with Crippen LogP contribution in [0.1, 0.15) is 26.3 Å². The van der Waals surface area contributed by atoms with E-state index in [1.54, 1.807) is 31.4 Å². The first-order valence-electron chi connectivity index (χ1n) is 8.46. The summed E-state index contributed by atoms with van der Waals surface area (Å²) in [6.07, 6.45) is 0. The first kappa shape index (κ1) is 20.5. The molecule has 2 N–H and O–H groups in total. The first-order chi connectivity index (χ1) is 12.8. The molecular weight excluding hydrogens is 364 g/mol. The smallest absolute Gasteiger partial charge is 0.270 e. The van der Waals surface area contributed by atoms with Gasteiger partial charge in [0, 0.05) is 11.6 Å². The monoisotopic (exact) mass is 386 g/mol. The average molecular weight is 386 g/mol. The summed E-state index contributed by atoms with van der Waals surface area (Å²) in [5, 5.41) is 12.5. The van der Waals surface area contributed by atoms with E-state index in [2.05, 4.69) is 15.3 Å². The van der Waals surface area contributed by atoms with Crippen molar-refractivity contribution in [2.45, 2.75) is 32.0 Å². The molecule has 8 heteroatoms. The van der Waals surface area contributed by atoms with Crippen LogP contribution < -0.4 is 15.6 Å². The number of nitriles is 1. The van der Waals surface area contributed by atoms with E-state index in [-0.39, 0.29) is 34.1 Å². The molecule has 2 rings (SSSR count). The molecule has 0 bridgehead atoms. The lowest BCUT2D eigenvalue weighted by Gasteiger charge is -2.17. The Labute approximate surface area is 162 Å². The summed E-state index contributed by atoms with van der Waals surface area (Å²) in [7, 11) is 1.56. The Morgan fingerprint density at radius 3 is 2.56 bits per heavy atom. The van der Waals surface area contributed by atoms with Crippen LogP contribution in [0, 0.1) is 17.2 Å². The van der Waals surface area contributed by atoms with Gasteiger partial charge in [-0.05, 0) is 37.1 Å². The van der Waals surface area contributed by atoms with Crippen LogP contribution in [0.5, 0.6) is 5.75 Å². The number of nitrogens with one attached hydrogen (secondary N) is 2. The van der Waals surface area contributed by atoms with Gasteiger partial charge in [-0.1, -0.05) is 25.6 Å². The number of ether oxygens (including phenoxy) is 1. The highest BCUT2D eigenvalue weighted by molar-refractivity contribution is 7.99. The van der Waals surface area contributed by atoms with Gasteiger partial charge in [0.1, 0.15) is 17.4 Å². The summed E-state index contributed by atoms with van der Waals surface area (Å²) >= 11 is 1.12. The van der Waals surface area contributed by atoms with Gasteiger partial charge in [0.05, 0.1) is 18.6 Å². The first-order valence-corrected chi connectivity index (χ1v) is 9.45. The van der Waals surface area contributed by atoms with Gasteiger partial charge in [-0.15, -0.1) is 0 Å². The highest BCUT2D eigenvalue weighted by atomic mass is 32.2. The Hall–Kier alpha value is -2.79. The minimum atomic E-state index is -0.531. The topological polar surface area (TPSA) is 108 Å². The van der Waals surface area contributed by atoms with Crippen molar-refractivity contribution in [3.63, 3.8) is 0 Å². The third-order valence-corrected chi connectivity index (χ3v) is 4.97. The van der Waals surface area contributed by atoms with Crippen molar-refractivity contribution in [1.82, 2.24) is 15.3 Å². The lowest BCUT2D eigenvalue weighted by molar-refractivity contribution is -0.119. The Kier molecular flexibility index (Phi) is 7.02. The Morgan fingerprint density at radius 2 is 2.00 bits per heavy atom. The number of aromatic nitrogens is 2. The van der Waals surface area contributed by atoms with E-state index in [0.717, 1.165) is 11.8 Å². The molecule has 0 saturated carbocycles. The normalized spacial score (nSPS) is 11.7. The lowest BCUT2D eigenvalue weighted by Crippen LogP contribution is -2.37. The summed E-state index contributed by atoms with van der Waals surface area (Å²) in [5.41, 5.74) is 0.305. The van der Waals surface area contributed by atoms with Crippen molar-refractivity contribution in [3.05, 3.63) is 40.2 Å². The van der Waals surface area contributed by atoms with Gasteiger partial charge in [-0.2, -0.15) is 5.26 Å². The van der Waals surface area contributed by atoms with E-state index in [1.165, 1.54) is 0 Å². The molecule has 0 aliphatic carbocycles. The summed E-state index contributed by atoms with van der Waals surface area (Å²) in [6.45, 7) is 5.99. The van der Waals surface area contributed by atoms with Crippen LogP contribution in [0.3, 0.4) is 0 Å². The van der Waals surface area contributed by atoms with Crippen LogP contribution in [-0.2, 0) is 4.79 Å². The van der Waals surface area contributed by atoms with E-state index >= 15 is 0 Å². The predicted molar refractivity (Wildman–Crippen MR) is 105 cm³/mol. The van der Waals surface area contributed by atoms with Gasteiger partial charge < -0.3 is 15.0 Å². The van der Waals surface area contributed by atoms with Gasteiger partial charge in [-0.25, -0.2) is 4.98 Å². The molecule has 0 spiro atoms. The van der Waals surface area contributed by atoms with Crippen LogP contribution in [0.2, 0.25) is 0 Å². The molecule has 1 unspecified atom stereocenters. The van der Waals surface area contributed by atoms with Gasteiger partial charge >= 0.3 is 0 Å². The molecule has 7 nitrogen and oxygen atoms in total. The minimum Gasteiger partial charge on any atom is -0.497 e. The van der Waals surface area contributed by atoms with E-state index in [0.29, 0.717) is 17.2 Å². The zero-order valence-electron chi connectivity index (χ0n) is 15.7. The van der Waals surface area contributed by atoms with Gasteiger partial charge in [0.2, 0.25) is 5.91 Å². The number of rotatable bonds is 7. The number of methoxy groups -OCH3 is 1. The molecule has 0 saturated heterocycles. The number of amides is 1. The predicted octanol–water partition coefficient (Wildman–Crippen LogP) is 2.57. The zero-order valence-corrected chi connectivity index (χ0v) is 16.5. The van der Waals surface area contributed by atoms with E-state index in [9.17, 15) is 14.9 Å². The molecule has 27 heavy (non-hydrogen) atoms. The maximum Gasteiger partial charge on any atom is 0.270 e. The van der Waals surface area contributed by atoms with Crippen LogP contribution in [-0.4, -0.2) is 34.8 Å². The fourth-order valence-electron chi connectivity index (χ4n) is 2.18. The number of nitrogens with zero attached hydrogens (tertiary/aromatic N) is 2. The Balaban J connectivity index is 2.24. The van der Waals surface area contributed by atoms with E-state index < -0.39 is 5.56 Å². The van der Waals surface area contributed by atoms with E-state index in [1.807, 2.05) is 26.8 Å². The van der Waals surface area contributed by atoms with Crippen molar-refractivity contribution in [3.8, 4) is 23.1 Å². The third-order valence-electron chi connectivity index (χ3n) is 4.10.